The third kappa shape index (κ3) is 6.80. The molecular weight excluding hydrogens is 538 g/mol. The highest BCUT2D eigenvalue weighted by Crippen LogP contribution is 2.27. The molecule has 0 atom stereocenters. The maximum absolute atomic E-state index is 12.3. The standard InChI is InChI=1S/C21H20ClN3O7S3/c1-25(2)35(30,31)17-5-3-4-16(12-17)23-19(26)13-32-21(27)14-6-8-15(9-7-14)24-34(28,29)20-11-10-18(22)33-20/h3-12,24H,13H2,1-2H3,(H,23,26). The normalized spacial score (nSPS) is 11.8. The summed E-state index contributed by atoms with van der Waals surface area (Å²) in [4.78, 5) is 24.4. The molecule has 0 aliphatic carbocycles. The van der Waals surface area contributed by atoms with Gasteiger partial charge in [-0.3, -0.25) is 9.52 Å². The predicted molar refractivity (Wildman–Crippen MR) is 133 cm³/mol. The molecule has 1 heterocycles. The van der Waals surface area contributed by atoms with Crippen molar-refractivity contribution in [1.82, 2.24) is 4.31 Å². The Morgan fingerprint density at radius 2 is 1.66 bits per heavy atom. The molecule has 1 aromatic heterocycles. The highest BCUT2D eigenvalue weighted by molar-refractivity contribution is 7.94. The molecule has 2 aromatic carbocycles. The first-order valence-corrected chi connectivity index (χ1v) is 13.9. The molecule has 3 aromatic rings. The van der Waals surface area contributed by atoms with Gasteiger partial charge in [0.2, 0.25) is 10.0 Å². The lowest BCUT2D eigenvalue weighted by Gasteiger charge is -2.13. The van der Waals surface area contributed by atoms with E-state index in [9.17, 15) is 26.4 Å². The second-order valence-corrected chi connectivity index (χ2v) is 13.0. The van der Waals surface area contributed by atoms with Gasteiger partial charge >= 0.3 is 5.97 Å². The molecule has 35 heavy (non-hydrogen) atoms. The van der Waals surface area contributed by atoms with Gasteiger partial charge < -0.3 is 10.1 Å². The van der Waals surface area contributed by atoms with E-state index in [2.05, 4.69) is 10.0 Å². The molecular formula is C21H20ClN3O7S3. The molecule has 0 unspecified atom stereocenters. The van der Waals surface area contributed by atoms with Crippen LogP contribution in [-0.2, 0) is 29.6 Å². The second-order valence-electron chi connectivity index (χ2n) is 7.18. The first-order valence-electron chi connectivity index (χ1n) is 9.76. The first kappa shape index (κ1) is 26.6. The number of carbonyl (C=O) groups is 2. The van der Waals surface area contributed by atoms with Crippen LogP contribution >= 0.6 is 22.9 Å². The molecule has 1 amide bonds. The molecule has 2 N–H and O–H groups in total. The average molecular weight is 558 g/mol. The van der Waals surface area contributed by atoms with Crippen molar-refractivity contribution in [3.63, 3.8) is 0 Å². The lowest BCUT2D eigenvalue weighted by atomic mass is 10.2. The van der Waals surface area contributed by atoms with Crippen molar-refractivity contribution in [2.75, 3.05) is 30.7 Å². The van der Waals surface area contributed by atoms with E-state index in [1.54, 1.807) is 0 Å². The number of rotatable bonds is 9. The van der Waals surface area contributed by atoms with Gasteiger partial charge in [-0.05, 0) is 54.6 Å². The Labute approximate surface area is 211 Å². The molecule has 0 fully saturated rings. The van der Waals surface area contributed by atoms with E-state index in [1.165, 1.54) is 74.8 Å². The molecule has 0 bridgehead atoms. The van der Waals surface area contributed by atoms with Gasteiger partial charge in [0.1, 0.15) is 4.21 Å². The molecule has 0 aliphatic rings. The lowest BCUT2D eigenvalue weighted by molar-refractivity contribution is -0.119. The molecule has 0 radical (unpaired) electrons. The predicted octanol–water partition coefficient (Wildman–Crippen LogP) is 3.25. The van der Waals surface area contributed by atoms with Crippen LogP contribution < -0.4 is 10.0 Å². The molecule has 0 saturated heterocycles. The number of halogens is 1. The quantitative estimate of drug-likeness (QED) is 0.385. The summed E-state index contributed by atoms with van der Waals surface area (Å²) in [5.74, 6) is -1.47. The Hall–Kier alpha value is -2.97. The highest BCUT2D eigenvalue weighted by Gasteiger charge is 2.19. The number of ether oxygens (including phenoxy) is 1. The van der Waals surface area contributed by atoms with Crippen LogP contribution in [0.15, 0.2) is 69.8 Å². The topological polar surface area (TPSA) is 139 Å². The second kappa shape index (κ2) is 10.7. The zero-order valence-electron chi connectivity index (χ0n) is 18.4. The number of esters is 1. The van der Waals surface area contributed by atoms with Gasteiger partial charge in [-0.2, -0.15) is 0 Å². The Kier molecular flexibility index (Phi) is 8.18. The number of hydrogen-bond acceptors (Lipinski definition) is 8. The van der Waals surface area contributed by atoms with E-state index >= 15 is 0 Å². The number of hydrogen-bond donors (Lipinski definition) is 2. The van der Waals surface area contributed by atoms with Gasteiger partial charge in [0.05, 0.1) is 14.8 Å². The van der Waals surface area contributed by atoms with Gasteiger partial charge in [-0.1, -0.05) is 17.7 Å². The zero-order chi connectivity index (χ0) is 25.8. The Morgan fingerprint density at radius 1 is 0.971 bits per heavy atom. The maximum Gasteiger partial charge on any atom is 0.338 e. The fourth-order valence-corrected chi connectivity index (χ4v) is 6.17. The van der Waals surface area contributed by atoms with Gasteiger partial charge in [0, 0.05) is 25.5 Å². The average Bonchev–Trinajstić information content (AvgIpc) is 3.25. The third-order valence-electron chi connectivity index (χ3n) is 4.42. The van der Waals surface area contributed by atoms with Crippen molar-refractivity contribution >= 4 is 66.2 Å². The summed E-state index contributed by atoms with van der Waals surface area (Å²) in [5, 5.41) is 2.47. The van der Waals surface area contributed by atoms with Crippen LogP contribution in [0.3, 0.4) is 0 Å². The van der Waals surface area contributed by atoms with Crippen molar-refractivity contribution in [3.05, 3.63) is 70.6 Å². The van der Waals surface area contributed by atoms with Crippen LogP contribution in [-0.4, -0.2) is 53.7 Å². The van der Waals surface area contributed by atoms with Crippen molar-refractivity contribution in [3.8, 4) is 0 Å². The van der Waals surface area contributed by atoms with E-state index in [4.69, 9.17) is 16.3 Å². The largest absolute Gasteiger partial charge is 0.452 e. The van der Waals surface area contributed by atoms with Crippen LogP contribution in [0.25, 0.3) is 0 Å². The number of benzene rings is 2. The van der Waals surface area contributed by atoms with Gasteiger partial charge in [-0.15, -0.1) is 11.3 Å². The number of amides is 1. The molecule has 0 spiro atoms. The zero-order valence-corrected chi connectivity index (χ0v) is 21.6. The SMILES string of the molecule is CN(C)S(=O)(=O)c1cccc(NC(=O)COC(=O)c2ccc(NS(=O)(=O)c3ccc(Cl)s3)cc2)c1. The van der Waals surface area contributed by atoms with Crippen LogP contribution in [0, 0.1) is 0 Å². The van der Waals surface area contributed by atoms with Crippen LogP contribution in [0.2, 0.25) is 4.34 Å². The smallest absolute Gasteiger partial charge is 0.338 e. The fraction of sp³-hybridized carbons (Fsp3) is 0.143. The highest BCUT2D eigenvalue weighted by atomic mass is 35.5. The summed E-state index contributed by atoms with van der Waals surface area (Å²) in [5.41, 5.74) is 0.535. The summed E-state index contributed by atoms with van der Waals surface area (Å²) in [6.07, 6.45) is 0. The molecule has 0 aliphatic heterocycles. The third-order valence-corrected chi connectivity index (χ3v) is 9.33. The van der Waals surface area contributed by atoms with E-state index < -0.39 is 38.5 Å². The molecule has 186 valence electrons. The molecule has 10 nitrogen and oxygen atoms in total. The number of thiophene rings is 1. The van der Waals surface area contributed by atoms with Gasteiger partial charge in [-0.25, -0.2) is 25.9 Å². The van der Waals surface area contributed by atoms with E-state index in [1.807, 2.05) is 0 Å². The number of nitrogens with one attached hydrogen (secondary N) is 2. The Balaban J connectivity index is 1.56. The van der Waals surface area contributed by atoms with E-state index in [0.29, 0.717) is 4.34 Å². The van der Waals surface area contributed by atoms with E-state index in [-0.39, 0.29) is 26.0 Å². The first-order chi connectivity index (χ1) is 16.4. The minimum atomic E-state index is -3.82. The fourth-order valence-electron chi connectivity index (χ4n) is 2.68. The van der Waals surface area contributed by atoms with Crippen LogP contribution in [0.1, 0.15) is 10.4 Å². The summed E-state index contributed by atoms with van der Waals surface area (Å²) in [6.45, 7) is -0.614. The van der Waals surface area contributed by atoms with Crippen molar-refractivity contribution in [2.45, 2.75) is 9.10 Å². The summed E-state index contributed by atoms with van der Waals surface area (Å²) in [7, 11) is -4.72. The molecule has 3 rings (SSSR count). The van der Waals surface area contributed by atoms with Crippen LogP contribution in [0.4, 0.5) is 11.4 Å². The van der Waals surface area contributed by atoms with Gasteiger partial charge in [0.25, 0.3) is 15.9 Å². The van der Waals surface area contributed by atoms with Crippen molar-refractivity contribution < 1.29 is 31.2 Å². The van der Waals surface area contributed by atoms with Crippen molar-refractivity contribution in [2.24, 2.45) is 0 Å². The summed E-state index contributed by atoms with van der Waals surface area (Å²) >= 11 is 6.68. The summed E-state index contributed by atoms with van der Waals surface area (Å²) < 4.78 is 57.9. The minimum Gasteiger partial charge on any atom is -0.452 e. The number of sulfonamides is 2. The number of carbonyl (C=O) groups excluding carboxylic acids is 2. The number of nitrogens with zero attached hydrogens (tertiary/aromatic N) is 1. The number of anilines is 2. The van der Waals surface area contributed by atoms with E-state index in [0.717, 1.165) is 15.6 Å². The Morgan fingerprint density at radius 3 is 2.26 bits per heavy atom. The Bertz CT molecular complexity index is 1450. The maximum atomic E-state index is 12.3. The molecule has 0 saturated carbocycles. The van der Waals surface area contributed by atoms with Crippen molar-refractivity contribution in [1.29, 1.82) is 0 Å². The lowest BCUT2D eigenvalue weighted by Crippen LogP contribution is -2.23. The minimum absolute atomic E-state index is 0.00446. The van der Waals surface area contributed by atoms with Gasteiger partial charge in [0.15, 0.2) is 6.61 Å². The molecule has 14 heteroatoms. The van der Waals surface area contributed by atoms with Crippen LogP contribution in [0.5, 0.6) is 0 Å². The summed E-state index contributed by atoms with van der Waals surface area (Å²) in [6, 6.07) is 13.9. The monoisotopic (exact) mass is 557 g/mol.